The smallest absolute Gasteiger partial charge is 0.322 e. The van der Waals surface area contributed by atoms with Crippen LogP contribution in [0.25, 0.3) is 11.0 Å². The summed E-state index contributed by atoms with van der Waals surface area (Å²) in [5, 5.41) is 7.71. The number of fused-ring (bicyclic) bond motifs is 1. The van der Waals surface area contributed by atoms with Gasteiger partial charge in [0.25, 0.3) is 5.91 Å². The highest BCUT2D eigenvalue weighted by molar-refractivity contribution is 6.39. The summed E-state index contributed by atoms with van der Waals surface area (Å²) in [6.45, 7) is 2.19. The molecule has 0 aliphatic heterocycles. The number of alkyl halides is 3. The molecule has 6 nitrogen and oxygen atoms in total. The largest absolute Gasteiger partial charge is 0.416 e. The SMILES string of the molecule is Cc1nn(Cc2cccnc2)c2ncc(C(=O)Nc3ccc(C(F)(F)F)cc3)c(Cl)c12. The molecule has 3 aromatic heterocycles. The third-order valence-corrected chi connectivity index (χ3v) is 5.03. The van der Waals surface area contributed by atoms with Crippen LogP contribution in [0.15, 0.2) is 55.0 Å². The van der Waals surface area contributed by atoms with E-state index in [1.54, 1.807) is 24.0 Å². The zero-order chi connectivity index (χ0) is 22.2. The van der Waals surface area contributed by atoms with Crippen molar-refractivity contribution in [2.75, 3.05) is 5.32 Å². The zero-order valence-electron chi connectivity index (χ0n) is 16.1. The Labute approximate surface area is 179 Å². The number of hydrogen-bond donors (Lipinski definition) is 1. The van der Waals surface area contributed by atoms with Crippen molar-refractivity contribution < 1.29 is 18.0 Å². The number of aryl methyl sites for hydroxylation is 1. The highest BCUT2D eigenvalue weighted by Crippen LogP contribution is 2.31. The Bertz CT molecular complexity index is 1250. The molecule has 0 fully saturated rings. The van der Waals surface area contributed by atoms with Crippen molar-refractivity contribution in [1.82, 2.24) is 19.7 Å². The molecule has 1 amide bonds. The number of amides is 1. The summed E-state index contributed by atoms with van der Waals surface area (Å²) in [7, 11) is 0. The molecule has 0 saturated carbocycles. The third-order valence-electron chi connectivity index (χ3n) is 4.64. The first kappa shape index (κ1) is 20.8. The number of carbonyl (C=O) groups excluding carboxylic acids is 1. The quantitative estimate of drug-likeness (QED) is 0.474. The van der Waals surface area contributed by atoms with Gasteiger partial charge < -0.3 is 5.32 Å². The number of anilines is 1. The molecular weight excluding hydrogens is 431 g/mol. The molecule has 158 valence electrons. The van der Waals surface area contributed by atoms with E-state index in [-0.39, 0.29) is 16.3 Å². The highest BCUT2D eigenvalue weighted by atomic mass is 35.5. The summed E-state index contributed by atoms with van der Waals surface area (Å²) < 4.78 is 39.8. The van der Waals surface area contributed by atoms with E-state index in [9.17, 15) is 18.0 Å². The van der Waals surface area contributed by atoms with Crippen LogP contribution in [0.4, 0.5) is 18.9 Å². The van der Waals surface area contributed by atoms with Crippen molar-refractivity contribution in [3.05, 3.63) is 82.4 Å². The molecule has 10 heteroatoms. The van der Waals surface area contributed by atoms with Gasteiger partial charge in [0.05, 0.1) is 33.8 Å². The molecule has 1 aromatic carbocycles. The number of rotatable bonds is 4. The lowest BCUT2D eigenvalue weighted by molar-refractivity contribution is -0.137. The second kappa shape index (κ2) is 7.99. The molecule has 0 atom stereocenters. The van der Waals surface area contributed by atoms with Gasteiger partial charge in [-0.1, -0.05) is 17.7 Å². The molecule has 3 heterocycles. The zero-order valence-corrected chi connectivity index (χ0v) is 16.9. The van der Waals surface area contributed by atoms with E-state index in [1.165, 1.54) is 18.3 Å². The van der Waals surface area contributed by atoms with Crippen molar-refractivity contribution in [3.8, 4) is 0 Å². The normalized spacial score (nSPS) is 11.6. The van der Waals surface area contributed by atoms with Crippen LogP contribution in [-0.2, 0) is 12.7 Å². The number of benzene rings is 1. The van der Waals surface area contributed by atoms with Crippen LogP contribution in [-0.4, -0.2) is 25.7 Å². The number of hydrogen-bond acceptors (Lipinski definition) is 4. The topological polar surface area (TPSA) is 72.7 Å². The number of pyridine rings is 2. The molecule has 1 N–H and O–H groups in total. The van der Waals surface area contributed by atoms with Crippen molar-refractivity contribution in [1.29, 1.82) is 0 Å². The molecule has 0 radical (unpaired) electrons. The van der Waals surface area contributed by atoms with E-state index in [0.29, 0.717) is 23.3 Å². The van der Waals surface area contributed by atoms with Crippen LogP contribution in [0.3, 0.4) is 0 Å². The molecule has 0 spiro atoms. The minimum absolute atomic E-state index is 0.0955. The van der Waals surface area contributed by atoms with Crippen molar-refractivity contribution in [2.24, 2.45) is 0 Å². The second-order valence-electron chi connectivity index (χ2n) is 6.82. The maximum Gasteiger partial charge on any atom is 0.416 e. The average Bonchev–Trinajstić information content (AvgIpc) is 3.04. The number of aromatic nitrogens is 4. The minimum Gasteiger partial charge on any atom is -0.322 e. The Morgan fingerprint density at radius 1 is 1.16 bits per heavy atom. The van der Waals surface area contributed by atoms with E-state index in [0.717, 1.165) is 17.7 Å². The first-order valence-corrected chi connectivity index (χ1v) is 9.51. The van der Waals surface area contributed by atoms with Gasteiger partial charge in [-0.05, 0) is 42.8 Å². The number of nitrogens with one attached hydrogen (secondary N) is 1. The van der Waals surface area contributed by atoms with Crippen LogP contribution in [0.2, 0.25) is 5.02 Å². The van der Waals surface area contributed by atoms with Crippen molar-refractivity contribution in [3.63, 3.8) is 0 Å². The summed E-state index contributed by atoms with van der Waals surface area (Å²) in [5.41, 5.74) is 1.53. The van der Waals surface area contributed by atoms with E-state index in [4.69, 9.17) is 11.6 Å². The lowest BCUT2D eigenvalue weighted by atomic mass is 10.1. The Kier molecular flexibility index (Phi) is 5.36. The Morgan fingerprint density at radius 3 is 2.55 bits per heavy atom. The summed E-state index contributed by atoms with van der Waals surface area (Å²) in [6, 6.07) is 7.87. The van der Waals surface area contributed by atoms with Gasteiger partial charge >= 0.3 is 6.18 Å². The molecular formula is C21H15ClF3N5O. The lowest BCUT2D eigenvalue weighted by Gasteiger charge is -2.10. The van der Waals surface area contributed by atoms with Crippen LogP contribution in [0, 0.1) is 6.92 Å². The minimum atomic E-state index is -4.45. The molecule has 4 rings (SSSR count). The molecule has 4 aromatic rings. The molecule has 31 heavy (non-hydrogen) atoms. The second-order valence-corrected chi connectivity index (χ2v) is 7.20. The summed E-state index contributed by atoms with van der Waals surface area (Å²) in [6.07, 6.45) is 0.266. The molecule has 0 aliphatic carbocycles. The number of nitrogens with zero attached hydrogens (tertiary/aromatic N) is 4. The number of halogens is 4. The van der Waals surface area contributed by atoms with Gasteiger partial charge in [0, 0.05) is 24.3 Å². The monoisotopic (exact) mass is 445 g/mol. The van der Waals surface area contributed by atoms with Gasteiger partial charge in [0.2, 0.25) is 0 Å². The fourth-order valence-electron chi connectivity index (χ4n) is 3.15. The highest BCUT2D eigenvalue weighted by Gasteiger charge is 2.30. The first-order chi connectivity index (χ1) is 14.7. The van der Waals surface area contributed by atoms with Crippen LogP contribution < -0.4 is 5.32 Å². The third kappa shape index (κ3) is 4.22. The van der Waals surface area contributed by atoms with Crippen molar-refractivity contribution >= 4 is 34.2 Å². The van der Waals surface area contributed by atoms with Gasteiger partial charge in [-0.25, -0.2) is 9.67 Å². The molecule has 0 saturated heterocycles. The van der Waals surface area contributed by atoms with Gasteiger partial charge in [-0.15, -0.1) is 0 Å². The van der Waals surface area contributed by atoms with Crippen molar-refractivity contribution in [2.45, 2.75) is 19.6 Å². The van der Waals surface area contributed by atoms with Crippen LogP contribution >= 0.6 is 11.6 Å². The fraction of sp³-hybridized carbons (Fsp3) is 0.143. The Balaban J connectivity index is 1.62. The van der Waals surface area contributed by atoms with Crippen LogP contribution in [0.5, 0.6) is 0 Å². The Morgan fingerprint density at radius 2 is 1.90 bits per heavy atom. The average molecular weight is 446 g/mol. The van der Waals surface area contributed by atoms with Gasteiger partial charge in [0.15, 0.2) is 5.65 Å². The van der Waals surface area contributed by atoms with Gasteiger partial charge in [-0.2, -0.15) is 18.3 Å². The first-order valence-electron chi connectivity index (χ1n) is 9.13. The summed E-state index contributed by atoms with van der Waals surface area (Å²) in [4.78, 5) is 21.1. The summed E-state index contributed by atoms with van der Waals surface area (Å²) in [5.74, 6) is -0.585. The van der Waals surface area contributed by atoms with E-state index in [1.807, 2.05) is 12.1 Å². The van der Waals surface area contributed by atoms with Crippen LogP contribution in [0.1, 0.15) is 27.2 Å². The van der Waals surface area contributed by atoms with E-state index in [2.05, 4.69) is 20.4 Å². The van der Waals surface area contributed by atoms with Gasteiger partial charge in [0.1, 0.15) is 0 Å². The van der Waals surface area contributed by atoms with E-state index >= 15 is 0 Å². The van der Waals surface area contributed by atoms with E-state index < -0.39 is 17.6 Å². The molecule has 0 bridgehead atoms. The predicted molar refractivity (Wildman–Crippen MR) is 110 cm³/mol. The lowest BCUT2D eigenvalue weighted by Crippen LogP contribution is -2.14. The Hall–Kier alpha value is -3.46. The standard InChI is InChI=1S/C21H15ClF3N5O/c1-12-17-18(22)16(20(31)28-15-6-4-14(5-7-15)21(23,24)25)10-27-19(17)30(29-12)11-13-3-2-8-26-9-13/h2-10H,11H2,1H3,(H,28,31). The number of carbonyl (C=O) groups is 1. The molecule has 0 unspecified atom stereocenters. The predicted octanol–water partition coefficient (Wildman–Crippen LogP) is 5.11. The van der Waals surface area contributed by atoms with Gasteiger partial charge in [-0.3, -0.25) is 9.78 Å². The fourth-order valence-corrected chi connectivity index (χ4v) is 3.50. The summed E-state index contributed by atoms with van der Waals surface area (Å²) >= 11 is 6.49. The molecule has 0 aliphatic rings. The maximum absolute atomic E-state index is 12.7. The maximum atomic E-state index is 12.7.